The second-order valence-corrected chi connectivity index (χ2v) is 4.62. The average Bonchev–Trinajstić information content (AvgIpc) is 2.28. The summed E-state index contributed by atoms with van der Waals surface area (Å²) in [6.45, 7) is 1.46. The van der Waals surface area contributed by atoms with Gasteiger partial charge in [-0.1, -0.05) is 19.3 Å². The fraction of sp³-hybridized carbons (Fsp3) is 1.00. The number of alkyl halides is 3. The summed E-state index contributed by atoms with van der Waals surface area (Å²) in [7, 11) is 0. The molecule has 1 N–H and O–H groups in total. The largest absolute Gasteiger partial charge is 0.389 e. The highest BCUT2D eigenvalue weighted by Crippen LogP contribution is 2.21. The number of rotatable bonds is 7. The van der Waals surface area contributed by atoms with Crippen LogP contribution in [0.3, 0.4) is 0 Å². The molecule has 1 aliphatic carbocycles. The topological polar surface area (TPSA) is 21.3 Å². The van der Waals surface area contributed by atoms with Gasteiger partial charge in [-0.3, -0.25) is 0 Å². The van der Waals surface area contributed by atoms with Crippen LogP contribution in [0.25, 0.3) is 0 Å². The second kappa shape index (κ2) is 7.93. The maximum atomic E-state index is 11.8. The van der Waals surface area contributed by atoms with Gasteiger partial charge in [0.05, 0.1) is 6.61 Å². The highest BCUT2D eigenvalue weighted by atomic mass is 19.4. The smallest absolute Gasteiger partial charge is 0.380 e. The van der Waals surface area contributed by atoms with E-state index < -0.39 is 12.6 Å². The molecule has 17 heavy (non-hydrogen) atoms. The molecule has 1 fully saturated rings. The van der Waals surface area contributed by atoms with Crippen molar-refractivity contribution >= 4 is 0 Å². The lowest BCUT2D eigenvalue weighted by atomic mass is 9.96. The number of halogens is 3. The zero-order valence-electron chi connectivity index (χ0n) is 10.2. The van der Waals surface area contributed by atoms with Gasteiger partial charge in [0.25, 0.3) is 0 Å². The lowest BCUT2D eigenvalue weighted by Crippen LogP contribution is -2.33. The van der Waals surface area contributed by atoms with Crippen LogP contribution in [0.5, 0.6) is 0 Å². The monoisotopic (exact) mass is 253 g/mol. The zero-order chi connectivity index (χ0) is 12.6. The quantitative estimate of drug-likeness (QED) is 0.703. The number of nitrogens with one attached hydrogen (secondary N) is 1. The Hall–Kier alpha value is -0.290. The minimum absolute atomic E-state index is 0.0624. The van der Waals surface area contributed by atoms with Crippen LogP contribution in [0.4, 0.5) is 13.2 Å². The van der Waals surface area contributed by atoms with E-state index in [9.17, 15) is 13.2 Å². The number of hydrogen-bond donors (Lipinski definition) is 1. The van der Waals surface area contributed by atoms with Crippen LogP contribution < -0.4 is 5.32 Å². The molecule has 5 heteroatoms. The maximum Gasteiger partial charge on any atom is 0.389 e. The van der Waals surface area contributed by atoms with Crippen LogP contribution in [-0.2, 0) is 4.74 Å². The van der Waals surface area contributed by atoms with E-state index in [2.05, 4.69) is 5.32 Å². The predicted octanol–water partition coefficient (Wildman–Crippen LogP) is 3.27. The van der Waals surface area contributed by atoms with E-state index in [1.54, 1.807) is 0 Å². The van der Waals surface area contributed by atoms with Crippen molar-refractivity contribution in [3.8, 4) is 0 Å². The summed E-state index contributed by atoms with van der Waals surface area (Å²) in [5.74, 6) is 0. The summed E-state index contributed by atoms with van der Waals surface area (Å²) in [6.07, 6.45) is 1.59. The van der Waals surface area contributed by atoms with Crippen molar-refractivity contribution in [3.05, 3.63) is 0 Å². The second-order valence-electron chi connectivity index (χ2n) is 4.62. The highest BCUT2D eigenvalue weighted by molar-refractivity contribution is 4.71. The Kier molecular flexibility index (Phi) is 6.89. The molecule has 0 aromatic carbocycles. The summed E-state index contributed by atoms with van der Waals surface area (Å²) in [4.78, 5) is 0. The third-order valence-corrected chi connectivity index (χ3v) is 3.03. The van der Waals surface area contributed by atoms with Crippen LogP contribution in [0.1, 0.15) is 44.9 Å². The molecule has 0 bridgehead atoms. The van der Waals surface area contributed by atoms with Crippen molar-refractivity contribution in [2.24, 2.45) is 0 Å². The van der Waals surface area contributed by atoms with Gasteiger partial charge in [-0.15, -0.1) is 0 Å². The molecule has 0 aromatic heterocycles. The van der Waals surface area contributed by atoms with Gasteiger partial charge in [0.15, 0.2) is 0 Å². The SMILES string of the molecule is FC(F)(F)CCCOCCNC1CCCCC1. The first kappa shape index (κ1) is 14.8. The summed E-state index contributed by atoms with van der Waals surface area (Å²) >= 11 is 0. The Morgan fingerprint density at radius 3 is 2.41 bits per heavy atom. The summed E-state index contributed by atoms with van der Waals surface area (Å²) in [6, 6.07) is 0.586. The minimum Gasteiger partial charge on any atom is -0.380 e. The van der Waals surface area contributed by atoms with Crippen LogP contribution >= 0.6 is 0 Å². The van der Waals surface area contributed by atoms with Crippen molar-refractivity contribution in [1.82, 2.24) is 5.32 Å². The molecule has 2 nitrogen and oxygen atoms in total. The molecule has 0 aliphatic heterocycles. The van der Waals surface area contributed by atoms with Crippen LogP contribution in [0.15, 0.2) is 0 Å². The van der Waals surface area contributed by atoms with E-state index in [0.717, 1.165) is 6.54 Å². The van der Waals surface area contributed by atoms with Gasteiger partial charge in [-0.2, -0.15) is 13.2 Å². The Labute approximate surface area is 101 Å². The minimum atomic E-state index is -4.05. The molecular formula is C12H22F3NO. The van der Waals surface area contributed by atoms with Crippen molar-refractivity contribution < 1.29 is 17.9 Å². The van der Waals surface area contributed by atoms with Gasteiger partial charge >= 0.3 is 6.18 Å². The molecule has 1 rings (SSSR count). The molecule has 0 unspecified atom stereocenters. The van der Waals surface area contributed by atoms with Crippen LogP contribution in [-0.4, -0.2) is 32.0 Å². The normalized spacial score (nSPS) is 18.5. The van der Waals surface area contributed by atoms with E-state index in [1.165, 1.54) is 32.1 Å². The molecular weight excluding hydrogens is 231 g/mol. The van der Waals surface area contributed by atoms with E-state index in [0.29, 0.717) is 12.6 Å². The lowest BCUT2D eigenvalue weighted by Gasteiger charge is -2.22. The first-order chi connectivity index (χ1) is 8.08. The standard InChI is InChI=1S/C12H22F3NO/c13-12(14,15)7-4-9-17-10-8-16-11-5-2-1-3-6-11/h11,16H,1-10H2. The Balaban J connectivity index is 1.84. The molecule has 0 radical (unpaired) electrons. The molecule has 0 amide bonds. The molecule has 0 atom stereocenters. The maximum absolute atomic E-state index is 11.8. The molecule has 0 heterocycles. The van der Waals surface area contributed by atoms with Crippen LogP contribution in [0.2, 0.25) is 0 Å². The number of ether oxygens (including phenoxy) is 1. The zero-order valence-corrected chi connectivity index (χ0v) is 10.2. The summed E-state index contributed by atoms with van der Waals surface area (Å²) in [5, 5.41) is 3.38. The van der Waals surface area contributed by atoms with Gasteiger partial charge in [-0.05, 0) is 19.3 Å². The Morgan fingerprint density at radius 2 is 1.76 bits per heavy atom. The number of hydrogen-bond acceptors (Lipinski definition) is 2. The Morgan fingerprint density at radius 1 is 1.06 bits per heavy atom. The fourth-order valence-electron chi connectivity index (χ4n) is 2.12. The van der Waals surface area contributed by atoms with Gasteiger partial charge < -0.3 is 10.1 Å². The fourth-order valence-corrected chi connectivity index (χ4v) is 2.12. The third kappa shape index (κ3) is 8.44. The van der Waals surface area contributed by atoms with Gasteiger partial charge in [0, 0.05) is 25.6 Å². The summed E-state index contributed by atoms with van der Waals surface area (Å²) in [5.41, 5.74) is 0. The molecule has 102 valence electrons. The van der Waals surface area contributed by atoms with E-state index in [1.807, 2.05) is 0 Å². The van der Waals surface area contributed by atoms with Gasteiger partial charge in [-0.25, -0.2) is 0 Å². The first-order valence-corrected chi connectivity index (χ1v) is 6.46. The van der Waals surface area contributed by atoms with E-state index in [4.69, 9.17) is 4.74 Å². The molecule has 1 saturated carbocycles. The van der Waals surface area contributed by atoms with Gasteiger partial charge in [0.1, 0.15) is 0 Å². The van der Waals surface area contributed by atoms with Crippen molar-refractivity contribution in [2.45, 2.75) is 57.2 Å². The van der Waals surface area contributed by atoms with E-state index in [-0.39, 0.29) is 13.0 Å². The molecule has 0 spiro atoms. The van der Waals surface area contributed by atoms with Crippen molar-refractivity contribution in [1.29, 1.82) is 0 Å². The highest BCUT2D eigenvalue weighted by Gasteiger charge is 2.25. The Bertz CT molecular complexity index is 191. The molecule has 0 saturated heterocycles. The van der Waals surface area contributed by atoms with Crippen molar-refractivity contribution in [2.75, 3.05) is 19.8 Å². The third-order valence-electron chi connectivity index (χ3n) is 3.03. The van der Waals surface area contributed by atoms with E-state index >= 15 is 0 Å². The summed E-state index contributed by atoms with van der Waals surface area (Å²) < 4.78 is 40.6. The average molecular weight is 253 g/mol. The lowest BCUT2D eigenvalue weighted by molar-refractivity contribution is -0.137. The molecule has 1 aliphatic rings. The van der Waals surface area contributed by atoms with Crippen molar-refractivity contribution in [3.63, 3.8) is 0 Å². The first-order valence-electron chi connectivity index (χ1n) is 6.46. The molecule has 0 aromatic rings. The predicted molar refractivity (Wildman–Crippen MR) is 61.0 cm³/mol. The van der Waals surface area contributed by atoms with Crippen LogP contribution in [0, 0.1) is 0 Å². The van der Waals surface area contributed by atoms with Gasteiger partial charge in [0.2, 0.25) is 0 Å².